The Morgan fingerprint density at radius 2 is 2.28 bits per heavy atom. The summed E-state index contributed by atoms with van der Waals surface area (Å²) < 4.78 is 5.29. The number of nitrogens with zero attached hydrogens (tertiary/aromatic N) is 2. The van der Waals surface area contributed by atoms with Crippen LogP contribution in [0.25, 0.3) is 0 Å². The minimum absolute atomic E-state index is 0.220. The van der Waals surface area contributed by atoms with Crippen LogP contribution in [0.15, 0.2) is 28.8 Å². The number of hydrogen-bond donors (Lipinski definition) is 1. The van der Waals surface area contributed by atoms with Gasteiger partial charge in [0.25, 0.3) is 0 Å². The predicted molar refractivity (Wildman–Crippen MR) is 68.5 cm³/mol. The summed E-state index contributed by atoms with van der Waals surface area (Å²) in [6.45, 7) is 1.02. The zero-order valence-electron chi connectivity index (χ0n) is 9.90. The van der Waals surface area contributed by atoms with Gasteiger partial charge in [-0.3, -0.25) is 0 Å². The summed E-state index contributed by atoms with van der Waals surface area (Å²) in [5, 5.41) is 8.09. The van der Waals surface area contributed by atoms with Gasteiger partial charge in [-0.1, -0.05) is 35.0 Å². The highest BCUT2D eigenvalue weighted by atomic mass is 35.5. The van der Waals surface area contributed by atoms with Crippen LogP contribution in [-0.2, 0) is 6.42 Å². The third-order valence-electron chi connectivity index (χ3n) is 3.15. The van der Waals surface area contributed by atoms with Crippen LogP contribution >= 0.6 is 11.6 Å². The van der Waals surface area contributed by atoms with E-state index in [4.69, 9.17) is 16.1 Å². The molecule has 0 unspecified atom stereocenters. The molecular weight excluding hydrogens is 250 g/mol. The molecule has 0 amide bonds. The van der Waals surface area contributed by atoms with E-state index in [9.17, 15) is 0 Å². The minimum Gasteiger partial charge on any atom is -0.338 e. The van der Waals surface area contributed by atoms with Gasteiger partial charge < -0.3 is 9.84 Å². The summed E-state index contributed by atoms with van der Waals surface area (Å²) in [5.41, 5.74) is 1.02. The smallest absolute Gasteiger partial charge is 0.243 e. The zero-order valence-corrected chi connectivity index (χ0v) is 10.7. The molecule has 0 bridgehead atoms. The van der Waals surface area contributed by atoms with Crippen LogP contribution in [0.2, 0.25) is 5.02 Å². The average Bonchev–Trinajstić information content (AvgIpc) is 3.02. The Bertz CT molecular complexity index is 535. The zero-order chi connectivity index (χ0) is 12.4. The molecule has 4 nitrogen and oxygen atoms in total. The van der Waals surface area contributed by atoms with E-state index in [1.165, 1.54) is 0 Å². The molecule has 1 aliphatic rings. The summed E-state index contributed by atoms with van der Waals surface area (Å²) in [5.74, 6) is 1.38. The topological polar surface area (TPSA) is 51.0 Å². The SMILES string of the molecule is Clc1ccccc1Cc1noc([C@@H]2CCCN2)n1. The summed E-state index contributed by atoms with van der Waals surface area (Å²) >= 11 is 6.11. The molecule has 2 heterocycles. The second-order valence-electron chi connectivity index (χ2n) is 4.47. The van der Waals surface area contributed by atoms with E-state index >= 15 is 0 Å². The van der Waals surface area contributed by atoms with Crippen molar-refractivity contribution in [3.05, 3.63) is 46.6 Å². The Balaban J connectivity index is 1.75. The molecule has 0 aliphatic carbocycles. The fraction of sp³-hybridized carbons (Fsp3) is 0.385. The largest absolute Gasteiger partial charge is 0.338 e. The average molecular weight is 264 g/mol. The van der Waals surface area contributed by atoms with E-state index in [2.05, 4.69) is 15.5 Å². The molecular formula is C13H14ClN3O. The Morgan fingerprint density at radius 3 is 3.06 bits per heavy atom. The van der Waals surface area contributed by atoms with Crippen LogP contribution in [0, 0.1) is 0 Å². The van der Waals surface area contributed by atoms with Gasteiger partial charge in [0.05, 0.1) is 6.04 Å². The molecule has 1 aromatic heterocycles. The summed E-state index contributed by atoms with van der Waals surface area (Å²) in [4.78, 5) is 4.43. The van der Waals surface area contributed by atoms with Gasteiger partial charge in [-0.05, 0) is 31.0 Å². The standard InChI is InChI=1S/C13H14ClN3O/c14-10-5-2-1-4-9(10)8-12-16-13(18-17-12)11-6-3-7-15-11/h1-2,4-5,11,15H,3,6-8H2/t11-/m0/s1. The number of hydrogen-bond acceptors (Lipinski definition) is 4. The molecule has 3 rings (SSSR count). The first-order valence-corrected chi connectivity index (χ1v) is 6.50. The van der Waals surface area contributed by atoms with Crippen molar-refractivity contribution < 1.29 is 4.52 Å². The third-order valence-corrected chi connectivity index (χ3v) is 3.52. The van der Waals surface area contributed by atoms with E-state index in [0.717, 1.165) is 30.0 Å². The Hall–Kier alpha value is -1.39. The number of benzene rings is 1. The molecule has 0 saturated carbocycles. The van der Waals surface area contributed by atoms with Gasteiger partial charge in [0.2, 0.25) is 5.89 Å². The normalized spacial score (nSPS) is 19.3. The van der Waals surface area contributed by atoms with Crippen molar-refractivity contribution in [3.63, 3.8) is 0 Å². The van der Waals surface area contributed by atoms with Crippen molar-refractivity contribution in [3.8, 4) is 0 Å². The van der Waals surface area contributed by atoms with E-state index < -0.39 is 0 Å². The minimum atomic E-state index is 0.220. The van der Waals surface area contributed by atoms with Crippen molar-refractivity contribution in [1.29, 1.82) is 0 Å². The Labute approximate surface area is 110 Å². The van der Waals surface area contributed by atoms with Gasteiger partial charge in [0.15, 0.2) is 5.82 Å². The molecule has 1 aliphatic heterocycles. The number of nitrogens with one attached hydrogen (secondary N) is 1. The van der Waals surface area contributed by atoms with Gasteiger partial charge in [0, 0.05) is 11.4 Å². The number of aromatic nitrogens is 2. The predicted octanol–water partition coefficient (Wildman–Crippen LogP) is 2.74. The Kier molecular flexibility index (Phi) is 3.30. The van der Waals surface area contributed by atoms with Gasteiger partial charge in [-0.2, -0.15) is 4.98 Å². The van der Waals surface area contributed by atoms with E-state index in [1.807, 2.05) is 24.3 Å². The first kappa shape index (κ1) is 11.7. The Morgan fingerprint density at radius 1 is 1.39 bits per heavy atom. The first-order chi connectivity index (χ1) is 8.83. The van der Waals surface area contributed by atoms with E-state index in [0.29, 0.717) is 18.1 Å². The molecule has 2 aromatic rings. The maximum Gasteiger partial charge on any atom is 0.243 e. The number of halogens is 1. The van der Waals surface area contributed by atoms with Crippen molar-refractivity contribution in [2.24, 2.45) is 0 Å². The molecule has 94 valence electrons. The molecule has 1 saturated heterocycles. The van der Waals surface area contributed by atoms with Crippen molar-refractivity contribution >= 4 is 11.6 Å². The molecule has 1 fully saturated rings. The maximum absolute atomic E-state index is 6.11. The highest BCUT2D eigenvalue weighted by Gasteiger charge is 2.22. The van der Waals surface area contributed by atoms with E-state index in [1.54, 1.807) is 0 Å². The van der Waals surface area contributed by atoms with Crippen molar-refractivity contribution in [1.82, 2.24) is 15.5 Å². The highest BCUT2D eigenvalue weighted by Crippen LogP contribution is 2.22. The molecule has 1 atom stereocenters. The molecule has 1 N–H and O–H groups in total. The van der Waals surface area contributed by atoms with Crippen LogP contribution in [-0.4, -0.2) is 16.7 Å². The molecule has 0 radical (unpaired) electrons. The quantitative estimate of drug-likeness (QED) is 0.925. The van der Waals surface area contributed by atoms with Crippen molar-refractivity contribution in [2.75, 3.05) is 6.54 Å². The molecule has 5 heteroatoms. The molecule has 0 spiro atoms. The lowest BCUT2D eigenvalue weighted by Gasteiger charge is -2.01. The maximum atomic E-state index is 6.11. The summed E-state index contributed by atoms with van der Waals surface area (Å²) in [6.07, 6.45) is 2.83. The van der Waals surface area contributed by atoms with Gasteiger partial charge in [-0.15, -0.1) is 0 Å². The second-order valence-corrected chi connectivity index (χ2v) is 4.87. The van der Waals surface area contributed by atoms with Crippen LogP contribution < -0.4 is 5.32 Å². The number of rotatable bonds is 3. The second kappa shape index (κ2) is 5.08. The summed E-state index contributed by atoms with van der Waals surface area (Å²) in [7, 11) is 0. The summed E-state index contributed by atoms with van der Waals surface area (Å²) in [6, 6.07) is 7.94. The van der Waals surface area contributed by atoms with Crippen LogP contribution in [0.5, 0.6) is 0 Å². The lowest BCUT2D eigenvalue weighted by atomic mass is 10.1. The fourth-order valence-electron chi connectivity index (χ4n) is 2.19. The van der Waals surface area contributed by atoms with Crippen LogP contribution in [0.3, 0.4) is 0 Å². The lowest BCUT2D eigenvalue weighted by Crippen LogP contribution is -2.13. The molecule has 18 heavy (non-hydrogen) atoms. The van der Waals surface area contributed by atoms with Gasteiger partial charge in [-0.25, -0.2) is 0 Å². The monoisotopic (exact) mass is 263 g/mol. The fourth-order valence-corrected chi connectivity index (χ4v) is 2.39. The molecule has 1 aromatic carbocycles. The van der Waals surface area contributed by atoms with Crippen LogP contribution in [0.1, 0.15) is 36.2 Å². The lowest BCUT2D eigenvalue weighted by molar-refractivity contribution is 0.341. The van der Waals surface area contributed by atoms with Gasteiger partial charge >= 0.3 is 0 Å². The van der Waals surface area contributed by atoms with E-state index in [-0.39, 0.29) is 6.04 Å². The van der Waals surface area contributed by atoms with Crippen LogP contribution in [0.4, 0.5) is 0 Å². The van der Waals surface area contributed by atoms with Gasteiger partial charge in [0.1, 0.15) is 0 Å². The first-order valence-electron chi connectivity index (χ1n) is 6.12. The third kappa shape index (κ3) is 2.40. The highest BCUT2D eigenvalue weighted by molar-refractivity contribution is 6.31. The van der Waals surface area contributed by atoms with Crippen molar-refractivity contribution in [2.45, 2.75) is 25.3 Å².